The number of carbonyl (C=O) groups is 1. The molecule has 0 radical (unpaired) electrons. The minimum atomic E-state index is -0.475. The molecule has 4 rings (SSSR count). The first-order valence-corrected chi connectivity index (χ1v) is 8.28. The number of hydrogen-bond donors (Lipinski definition) is 3. The van der Waals surface area contributed by atoms with Gasteiger partial charge in [-0.05, 0) is 29.8 Å². The predicted molar refractivity (Wildman–Crippen MR) is 106 cm³/mol. The van der Waals surface area contributed by atoms with Gasteiger partial charge in [0.25, 0.3) is 5.91 Å². The van der Waals surface area contributed by atoms with E-state index in [0.717, 1.165) is 33.1 Å². The number of hydrazone groups is 1. The lowest BCUT2D eigenvalue weighted by Crippen LogP contribution is -2.24. The van der Waals surface area contributed by atoms with Crippen molar-refractivity contribution >= 4 is 40.1 Å². The van der Waals surface area contributed by atoms with Crippen molar-refractivity contribution < 1.29 is 4.79 Å². The Bertz CT molecular complexity index is 1190. The standard InChI is InChI=1S/C20H16N6O/c21-16(10-14-12-24-17-4-2-1-3-15(14)17)20(27)26-25-11-13-5-6-18-19(9-13)23-8-7-22-18/h1-12,24H,21H2,(H,26,27)/b16-10-,25-11+. The van der Waals surface area contributed by atoms with Gasteiger partial charge in [0.1, 0.15) is 0 Å². The first-order chi connectivity index (χ1) is 13.2. The number of para-hydroxylation sites is 1. The van der Waals surface area contributed by atoms with Gasteiger partial charge in [0.05, 0.1) is 22.9 Å². The Balaban J connectivity index is 1.47. The molecule has 0 fully saturated rings. The summed E-state index contributed by atoms with van der Waals surface area (Å²) in [5.74, 6) is -0.475. The van der Waals surface area contributed by atoms with Gasteiger partial charge in [-0.25, -0.2) is 5.43 Å². The molecule has 0 aliphatic rings. The topological polar surface area (TPSA) is 109 Å². The summed E-state index contributed by atoms with van der Waals surface area (Å²) in [6.45, 7) is 0. The van der Waals surface area contributed by atoms with E-state index in [4.69, 9.17) is 5.73 Å². The molecule has 1 amide bonds. The second kappa shape index (κ2) is 7.09. The highest BCUT2D eigenvalue weighted by Crippen LogP contribution is 2.19. The molecule has 0 saturated heterocycles. The van der Waals surface area contributed by atoms with Crippen molar-refractivity contribution in [1.29, 1.82) is 0 Å². The van der Waals surface area contributed by atoms with Gasteiger partial charge in [-0.15, -0.1) is 0 Å². The number of aromatic nitrogens is 3. The average molecular weight is 356 g/mol. The summed E-state index contributed by atoms with van der Waals surface area (Å²) in [7, 11) is 0. The monoisotopic (exact) mass is 356 g/mol. The molecule has 0 atom stereocenters. The highest BCUT2D eigenvalue weighted by molar-refractivity contribution is 6.00. The molecule has 0 aliphatic carbocycles. The third kappa shape index (κ3) is 3.52. The zero-order valence-electron chi connectivity index (χ0n) is 14.3. The van der Waals surface area contributed by atoms with Gasteiger partial charge in [-0.2, -0.15) is 5.10 Å². The number of H-pyrrole nitrogens is 1. The van der Waals surface area contributed by atoms with E-state index in [1.165, 1.54) is 6.21 Å². The Hall–Kier alpha value is -4.00. The van der Waals surface area contributed by atoms with Crippen LogP contribution in [0.25, 0.3) is 28.0 Å². The van der Waals surface area contributed by atoms with Gasteiger partial charge in [-0.1, -0.05) is 24.3 Å². The fourth-order valence-corrected chi connectivity index (χ4v) is 2.74. The average Bonchev–Trinajstić information content (AvgIpc) is 3.11. The summed E-state index contributed by atoms with van der Waals surface area (Å²) < 4.78 is 0. The Labute approximate surface area is 154 Å². The highest BCUT2D eigenvalue weighted by Gasteiger charge is 2.06. The van der Waals surface area contributed by atoms with Crippen LogP contribution in [-0.2, 0) is 4.79 Å². The van der Waals surface area contributed by atoms with Gasteiger partial charge < -0.3 is 10.7 Å². The summed E-state index contributed by atoms with van der Waals surface area (Å²) in [5.41, 5.74) is 12.6. The molecule has 4 N–H and O–H groups in total. The van der Waals surface area contributed by atoms with Crippen molar-refractivity contribution in [3.63, 3.8) is 0 Å². The minimum Gasteiger partial charge on any atom is -0.394 e. The van der Waals surface area contributed by atoms with Crippen LogP contribution in [0.3, 0.4) is 0 Å². The number of aromatic amines is 1. The van der Waals surface area contributed by atoms with Crippen LogP contribution in [0, 0.1) is 0 Å². The molecule has 0 aliphatic heterocycles. The summed E-state index contributed by atoms with van der Waals surface area (Å²) >= 11 is 0. The van der Waals surface area contributed by atoms with Gasteiger partial charge in [0, 0.05) is 35.1 Å². The fraction of sp³-hybridized carbons (Fsp3) is 0. The van der Waals surface area contributed by atoms with E-state index in [1.807, 2.05) is 48.7 Å². The quantitative estimate of drug-likeness (QED) is 0.296. The van der Waals surface area contributed by atoms with Crippen molar-refractivity contribution in [3.05, 3.63) is 77.9 Å². The number of nitrogens with zero attached hydrogens (tertiary/aromatic N) is 3. The highest BCUT2D eigenvalue weighted by atomic mass is 16.2. The number of hydrogen-bond acceptors (Lipinski definition) is 5. The summed E-state index contributed by atoms with van der Waals surface area (Å²) in [5, 5.41) is 4.95. The molecule has 2 aromatic carbocycles. The molecule has 7 nitrogen and oxygen atoms in total. The molecule has 132 valence electrons. The van der Waals surface area contributed by atoms with Crippen LogP contribution < -0.4 is 11.2 Å². The number of rotatable bonds is 4. The zero-order chi connectivity index (χ0) is 18.6. The molecule has 27 heavy (non-hydrogen) atoms. The first-order valence-electron chi connectivity index (χ1n) is 8.28. The fourth-order valence-electron chi connectivity index (χ4n) is 2.74. The van der Waals surface area contributed by atoms with Gasteiger partial charge >= 0.3 is 0 Å². The normalized spacial score (nSPS) is 12.1. The second-order valence-corrected chi connectivity index (χ2v) is 5.89. The van der Waals surface area contributed by atoms with Gasteiger partial charge in [0.2, 0.25) is 0 Å². The molecule has 0 bridgehead atoms. The molecule has 0 spiro atoms. The number of carbonyl (C=O) groups excluding carboxylic acids is 1. The van der Waals surface area contributed by atoms with Gasteiger partial charge in [-0.3, -0.25) is 14.8 Å². The lowest BCUT2D eigenvalue weighted by atomic mass is 10.1. The molecule has 4 aromatic rings. The van der Waals surface area contributed by atoms with Crippen LogP contribution in [0.1, 0.15) is 11.1 Å². The first kappa shape index (κ1) is 16.5. The van der Waals surface area contributed by atoms with E-state index in [0.29, 0.717) is 0 Å². The van der Waals surface area contributed by atoms with Crippen LogP contribution in [0.2, 0.25) is 0 Å². The van der Waals surface area contributed by atoms with E-state index >= 15 is 0 Å². The van der Waals surface area contributed by atoms with Crippen molar-refractivity contribution in [3.8, 4) is 0 Å². The molecule has 2 heterocycles. The van der Waals surface area contributed by atoms with Crippen molar-refractivity contribution in [2.75, 3.05) is 0 Å². The maximum absolute atomic E-state index is 12.2. The molecule has 0 saturated carbocycles. The smallest absolute Gasteiger partial charge is 0.287 e. The lowest BCUT2D eigenvalue weighted by molar-refractivity contribution is -0.117. The predicted octanol–water partition coefficient (Wildman–Crippen LogP) is 2.56. The van der Waals surface area contributed by atoms with E-state index < -0.39 is 5.91 Å². The van der Waals surface area contributed by atoms with Crippen LogP contribution in [-0.4, -0.2) is 27.1 Å². The van der Waals surface area contributed by atoms with Crippen molar-refractivity contribution in [2.45, 2.75) is 0 Å². The van der Waals surface area contributed by atoms with Crippen molar-refractivity contribution in [2.24, 2.45) is 10.8 Å². The molecule has 7 heteroatoms. The van der Waals surface area contributed by atoms with Crippen LogP contribution in [0.5, 0.6) is 0 Å². The molecular formula is C20H16N6O. The van der Waals surface area contributed by atoms with Crippen LogP contribution in [0.15, 0.2) is 71.9 Å². The number of fused-ring (bicyclic) bond motifs is 2. The number of nitrogens with one attached hydrogen (secondary N) is 2. The zero-order valence-corrected chi connectivity index (χ0v) is 14.3. The second-order valence-electron chi connectivity index (χ2n) is 5.89. The van der Waals surface area contributed by atoms with Gasteiger partial charge in [0.15, 0.2) is 0 Å². The number of nitrogens with two attached hydrogens (primary N) is 1. The summed E-state index contributed by atoms with van der Waals surface area (Å²) in [6, 6.07) is 13.3. The van der Waals surface area contributed by atoms with Crippen LogP contribution >= 0.6 is 0 Å². The third-order valence-corrected chi connectivity index (χ3v) is 4.07. The Morgan fingerprint density at radius 2 is 1.93 bits per heavy atom. The molecule has 0 unspecified atom stereocenters. The number of amides is 1. The Kier molecular flexibility index (Phi) is 4.32. The minimum absolute atomic E-state index is 0.0706. The maximum Gasteiger partial charge on any atom is 0.287 e. The van der Waals surface area contributed by atoms with E-state index in [1.54, 1.807) is 18.5 Å². The Morgan fingerprint density at radius 3 is 2.81 bits per heavy atom. The van der Waals surface area contributed by atoms with Crippen LogP contribution in [0.4, 0.5) is 0 Å². The molecule has 2 aromatic heterocycles. The van der Waals surface area contributed by atoms with Crippen molar-refractivity contribution in [1.82, 2.24) is 20.4 Å². The summed E-state index contributed by atoms with van der Waals surface area (Å²) in [4.78, 5) is 23.7. The van der Waals surface area contributed by atoms with E-state index in [2.05, 4.69) is 25.5 Å². The lowest BCUT2D eigenvalue weighted by Gasteiger charge is -2.00. The molecular weight excluding hydrogens is 340 g/mol. The Morgan fingerprint density at radius 1 is 1.11 bits per heavy atom. The number of benzene rings is 2. The SMILES string of the molecule is N/C(=C\c1c[nH]c2ccccc12)C(=O)N/N=C/c1ccc2nccnc2c1. The maximum atomic E-state index is 12.2. The van der Waals surface area contributed by atoms with E-state index in [-0.39, 0.29) is 5.70 Å². The summed E-state index contributed by atoms with van der Waals surface area (Å²) in [6.07, 6.45) is 8.23. The largest absolute Gasteiger partial charge is 0.394 e. The van der Waals surface area contributed by atoms with E-state index in [9.17, 15) is 4.79 Å². The third-order valence-electron chi connectivity index (χ3n) is 4.07.